The van der Waals surface area contributed by atoms with E-state index in [-0.39, 0.29) is 12.1 Å². The highest BCUT2D eigenvalue weighted by molar-refractivity contribution is 5.74. The number of nitrogens with one attached hydrogen (secondary N) is 2. The fourth-order valence-electron chi connectivity index (χ4n) is 1.45. The van der Waals surface area contributed by atoms with Gasteiger partial charge >= 0.3 is 6.03 Å². The third-order valence-corrected chi connectivity index (χ3v) is 2.21. The van der Waals surface area contributed by atoms with Crippen LogP contribution in [0.25, 0.3) is 0 Å². The van der Waals surface area contributed by atoms with Gasteiger partial charge in [-0.3, -0.25) is 0 Å². The van der Waals surface area contributed by atoms with Gasteiger partial charge in [-0.25, -0.2) is 4.79 Å². The Hall–Kier alpha value is -1.91. The maximum absolute atomic E-state index is 11.3. The number of urea groups is 1. The molecular formula is C14H22N2O3. The van der Waals surface area contributed by atoms with E-state index in [1.54, 1.807) is 0 Å². The Morgan fingerprint density at radius 3 is 2.26 bits per heavy atom. The molecule has 0 unspecified atom stereocenters. The minimum Gasteiger partial charge on any atom is -0.494 e. The van der Waals surface area contributed by atoms with E-state index in [1.165, 1.54) is 0 Å². The average molecular weight is 266 g/mol. The van der Waals surface area contributed by atoms with Gasteiger partial charge in [-0.15, -0.1) is 0 Å². The van der Waals surface area contributed by atoms with E-state index in [2.05, 4.69) is 10.6 Å². The molecule has 5 nitrogen and oxygen atoms in total. The highest BCUT2D eigenvalue weighted by atomic mass is 16.5. The van der Waals surface area contributed by atoms with Crippen molar-refractivity contribution in [1.29, 1.82) is 0 Å². The van der Waals surface area contributed by atoms with Crippen LogP contribution in [0, 0.1) is 0 Å². The summed E-state index contributed by atoms with van der Waals surface area (Å²) >= 11 is 0. The van der Waals surface area contributed by atoms with Crippen LogP contribution in [0.1, 0.15) is 20.8 Å². The Kier molecular flexibility index (Phi) is 6.57. The molecule has 0 aromatic heterocycles. The summed E-state index contributed by atoms with van der Waals surface area (Å²) in [5.74, 6) is 1.58. The predicted molar refractivity (Wildman–Crippen MR) is 74.8 cm³/mol. The van der Waals surface area contributed by atoms with E-state index in [9.17, 15) is 4.79 Å². The van der Waals surface area contributed by atoms with Gasteiger partial charge in [0.1, 0.15) is 18.1 Å². The Balaban J connectivity index is 2.20. The zero-order valence-electron chi connectivity index (χ0n) is 11.7. The second kappa shape index (κ2) is 8.24. The minimum absolute atomic E-state index is 0.132. The first-order valence-corrected chi connectivity index (χ1v) is 6.52. The first-order chi connectivity index (χ1) is 9.11. The smallest absolute Gasteiger partial charge is 0.315 e. The lowest BCUT2D eigenvalue weighted by molar-refractivity contribution is 0.234. The summed E-state index contributed by atoms with van der Waals surface area (Å²) in [5, 5.41) is 5.46. The zero-order chi connectivity index (χ0) is 14.1. The summed E-state index contributed by atoms with van der Waals surface area (Å²) < 4.78 is 10.8. The largest absolute Gasteiger partial charge is 0.494 e. The lowest BCUT2D eigenvalue weighted by atomic mass is 10.3. The molecule has 1 aromatic carbocycles. The Morgan fingerprint density at radius 1 is 1.16 bits per heavy atom. The van der Waals surface area contributed by atoms with Crippen LogP contribution in [0.15, 0.2) is 24.3 Å². The van der Waals surface area contributed by atoms with Crippen molar-refractivity contribution in [1.82, 2.24) is 10.6 Å². The lowest BCUT2D eigenvalue weighted by Crippen LogP contribution is -2.41. The number of carbonyl (C=O) groups is 1. The van der Waals surface area contributed by atoms with E-state index in [0.717, 1.165) is 11.5 Å². The molecule has 0 spiro atoms. The fourth-order valence-corrected chi connectivity index (χ4v) is 1.45. The fraction of sp³-hybridized carbons (Fsp3) is 0.500. The van der Waals surface area contributed by atoms with Crippen molar-refractivity contribution in [3.05, 3.63) is 24.3 Å². The molecule has 19 heavy (non-hydrogen) atoms. The SMILES string of the molecule is CCOc1ccc(OCCNC(=O)NC(C)C)cc1. The van der Waals surface area contributed by atoms with Crippen molar-refractivity contribution < 1.29 is 14.3 Å². The number of carbonyl (C=O) groups excluding carboxylic acids is 1. The molecule has 0 saturated heterocycles. The molecule has 106 valence electrons. The average Bonchev–Trinajstić information content (AvgIpc) is 2.36. The molecule has 0 aliphatic heterocycles. The molecule has 0 heterocycles. The van der Waals surface area contributed by atoms with Crippen LogP contribution < -0.4 is 20.1 Å². The highest BCUT2D eigenvalue weighted by Crippen LogP contribution is 2.17. The third-order valence-electron chi connectivity index (χ3n) is 2.21. The third kappa shape index (κ3) is 6.55. The summed E-state index contributed by atoms with van der Waals surface area (Å²) in [6.07, 6.45) is 0. The summed E-state index contributed by atoms with van der Waals surface area (Å²) in [6, 6.07) is 7.37. The van der Waals surface area contributed by atoms with Crippen molar-refractivity contribution in [3.8, 4) is 11.5 Å². The number of hydrogen-bond donors (Lipinski definition) is 2. The molecule has 2 amide bonds. The Labute approximate surface area is 114 Å². The molecule has 0 aliphatic carbocycles. The van der Waals surface area contributed by atoms with Gasteiger partial charge < -0.3 is 20.1 Å². The van der Waals surface area contributed by atoms with Crippen LogP contribution in [0.3, 0.4) is 0 Å². The van der Waals surface area contributed by atoms with Crippen molar-refractivity contribution in [2.24, 2.45) is 0 Å². The standard InChI is InChI=1S/C14H22N2O3/c1-4-18-12-5-7-13(8-6-12)19-10-9-15-14(17)16-11(2)3/h5-8,11H,4,9-10H2,1-3H3,(H2,15,16,17). The number of amides is 2. The van der Waals surface area contributed by atoms with Crippen molar-refractivity contribution in [2.45, 2.75) is 26.8 Å². The van der Waals surface area contributed by atoms with E-state index >= 15 is 0 Å². The summed E-state index contributed by atoms with van der Waals surface area (Å²) in [4.78, 5) is 11.3. The summed E-state index contributed by atoms with van der Waals surface area (Å²) in [6.45, 7) is 7.31. The van der Waals surface area contributed by atoms with Gasteiger partial charge in [0, 0.05) is 6.04 Å². The van der Waals surface area contributed by atoms with Crippen LogP contribution in [0.5, 0.6) is 11.5 Å². The quantitative estimate of drug-likeness (QED) is 0.744. The summed E-state index contributed by atoms with van der Waals surface area (Å²) in [5.41, 5.74) is 0. The second-order valence-electron chi connectivity index (χ2n) is 4.31. The molecule has 2 N–H and O–H groups in total. The lowest BCUT2D eigenvalue weighted by Gasteiger charge is -2.11. The molecule has 0 saturated carbocycles. The normalized spacial score (nSPS) is 10.1. The minimum atomic E-state index is -0.176. The van der Waals surface area contributed by atoms with Gasteiger partial charge in [0.05, 0.1) is 13.2 Å². The molecule has 0 aliphatic rings. The van der Waals surface area contributed by atoms with Crippen molar-refractivity contribution in [3.63, 3.8) is 0 Å². The molecular weight excluding hydrogens is 244 g/mol. The van der Waals surface area contributed by atoms with Gasteiger partial charge in [0.2, 0.25) is 0 Å². The van der Waals surface area contributed by atoms with Gasteiger partial charge in [-0.1, -0.05) is 0 Å². The van der Waals surface area contributed by atoms with Gasteiger partial charge in [0.15, 0.2) is 0 Å². The molecule has 0 fully saturated rings. The first kappa shape index (κ1) is 15.1. The Morgan fingerprint density at radius 2 is 1.74 bits per heavy atom. The molecule has 0 bridgehead atoms. The van der Waals surface area contributed by atoms with E-state index < -0.39 is 0 Å². The number of benzene rings is 1. The maximum Gasteiger partial charge on any atom is 0.315 e. The summed E-state index contributed by atoms with van der Waals surface area (Å²) in [7, 11) is 0. The van der Waals surface area contributed by atoms with Gasteiger partial charge in [0.25, 0.3) is 0 Å². The Bertz CT molecular complexity index is 377. The molecule has 1 aromatic rings. The van der Waals surface area contributed by atoms with E-state index in [1.807, 2.05) is 45.0 Å². The molecule has 0 radical (unpaired) electrons. The zero-order valence-corrected chi connectivity index (χ0v) is 11.7. The van der Waals surface area contributed by atoms with Crippen LogP contribution >= 0.6 is 0 Å². The number of ether oxygens (including phenoxy) is 2. The molecule has 0 atom stereocenters. The van der Waals surface area contributed by atoms with Crippen LogP contribution in [0.4, 0.5) is 4.79 Å². The maximum atomic E-state index is 11.3. The van der Waals surface area contributed by atoms with E-state index in [4.69, 9.17) is 9.47 Å². The predicted octanol–water partition coefficient (Wildman–Crippen LogP) is 2.17. The second-order valence-corrected chi connectivity index (χ2v) is 4.31. The van der Waals surface area contributed by atoms with Crippen LogP contribution in [-0.2, 0) is 0 Å². The topological polar surface area (TPSA) is 59.6 Å². The molecule has 1 rings (SSSR count). The van der Waals surface area contributed by atoms with Crippen LogP contribution in [-0.4, -0.2) is 31.8 Å². The number of rotatable bonds is 7. The monoisotopic (exact) mass is 266 g/mol. The molecule has 5 heteroatoms. The first-order valence-electron chi connectivity index (χ1n) is 6.52. The van der Waals surface area contributed by atoms with Gasteiger partial charge in [-0.2, -0.15) is 0 Å². The van der Waals surface area contributed by atoms with Crippen LogP contribution in [0.2, 0.25) is 0 Å². The van der Waals surface area contributed by atoms with Crippen molar-refractivity contribution >= 4 is 6.03 Å². The highest BCUT2D eigenvalue weighted by Gasteiger charge is 2.01. The van der Waals surface area contributed by atoms with E-state index in [0.29, 0.717) is 19.8 Å². The van der Waals surface area contributed by atoms with Gasteiger partial charge in [-0.05, 0) is 45.0 Å². The van der Waals surface area contributed by atoms with Crippen molar-refractivity contribution in [2.75, 3.05) is 19.8 Å². The number of hydrogen-bond acceptors (Lipinski definition) is 3.